The maximum absolute atomic E-state index is 10.1. The van der Waals surface area contributed by atoms with Crippen LogP contribution in [0.3, 0.4) is 0 Å². The molecule has 1 unspecified atom stereocenters. The van der Waals surface area contributed by atoms with Crippen molar-refractivity contribution in [2.45, 2.75) is 12.5 Å². The largest absolute Gasteiger partial charge is 0.388 e. The topological polar surface area (TPSA) is 20.2 Å². The first-order chi connectivity index (χ1) is 7.36. The highest BCUT2D eigenvalue weighted by Crippen LogP contribution is 2.31. The van der Waals surface area contributed by atoms with Gasteiger partial charge in [-0.05, 0) is 29.4 Å². The Bertz CT molecular complexity index is 283. The van der Waals surface area contributed by atoms with E-state index in [-0.39, 0.29) is 6.10 Å². The zero-order chi connectivity index (χ0) is 10.5. The molecular weight excluding hydrogens is 224 g/mol. The van der Waals surface area contributed by atoms with Crippen LogP contribution < -0.4 is 0 Å². The first-order valence-electron chi connectivity index (χ1n) is 5.25. The molecule has 0 aromatic heterocycles. The first kappa shape index (κ1) is 11.4. The number of rotatable bonds is 3. The number of hydrogen-bond donors (Lipinski definition) is 1. The number of hydrogen-bond acceptors (Lipinski definition) is 3. The lowest BCUT2D eigenvalue weighted by Gasteiger charge is -2.23. The van der Waals surface area contributed by atoms with Gasteiger partial charge in [-0.3, -0.25) is 0 Å². The first-order valence-corrected chi connectivity index (χ1v) is 7.55. The molecule has 1 aromatic carbocycles. The average molecular weight is 240 g/mol. The lowest BCUT2D eigenvalue weighted by atomic mass is 9.99. The zero-order valence-corrected chi connectivity index (χ0v) is 10.3. The van der Waals surface area contributed by atoms with Gasteiger partial charge < -0.3 is 5.11 Å². The Morgan fingerprint density at radius 3 is 2.53 bits per heavy atom. The maximum Gasteiger partial charge on any atom is 0.0793 e. The van der Waals surface area contributed by atoms with Crippen LogP contribution in [-0.2, 0) is 0 Å². The Morgan fingerprint density at radius 2 is 1.87 bits per heavy atom. The SMILES string of the molecule is OC(CC1CSCSC1)c1ccccc1. The number of aliphatic hydroxyl groups excluding tert-OH is 1. The average Bonchev–Trinajstić information content (AvgIpc) is 2.31. The molecule has 0 aliphatic carbocycles. The van der Waals surface area contributed by atoms with Crippen LogP contribution in [0.15, 0.2) is 30.3 Å². The monoisotopic (exact) mass is 240 g/mol. The van der Waals surface area contributed by atoms with E-state index in [1.807, 2.05) is 53.9 Å². The van der Waals surface area contributed by atoms with E-state index < -0.39 is 0 Å². The van der Waals surface area contributed by atoms with E-state index in [0.717, 1.165) is 12.0 Å². The van der Waals surface area contributed by atoms with E-state index in [2.05, 4.69) is 0 Å². The van der Waals surface area contributed by atoms with Gasteiger partial charge in [0.05, 0.1) is 6.10 Å². The Morgan fingerprint density at radius 1 is 1.20 bits per heavy atom. The van der Waals surface area contributed by atoms with Crippen molar-refractivity contribution in [1.29, 1.82) is 0 Å². The second kappa shape index (κ2) is 5.83. The van der Waals surface area contributed by atoms with Crippen molar-refractivity contribution in [2.24, 2.45) is 5.92 Å². The molecule has 1 aromatic rings. The third-order valence-corrected chi connectivity index (χ3v) is 5.36. The van der Waals surface area contributed by atoms with E-state index in [0.29, 0.717) is 5.92 Å². The summed E-state index contributed by atoms with van der Waals surface area (Å²) >= 11 is 3.98. The summed E-state index contributed by atoms with van der Waals surface area (Å²) in [4.78, 5) is 0. The third kappa shape index (κ3) is 3.44. The highest BCUT2D eigenvalue weighted by Gasteiger charge is 2.18. The maximum atomic E-state index is 10.1. The minimum Gasteiger partial charge on any atom is -0.388 e. The van der Waals surface area contributed by atoms with E-state index in [1.165, 1.54) is 16.6 Å². The van der Waals surface area contributed by atoms with Crippen LogP contribution in [0.1, 0.15) is 18.1 Å². The standard InChI is InChI=1S/C12H16OS2/c13-12(11-4-2-1-3-5-11)6-10-7-14-9-15-8-10/h1-5,10,12-13H,6-9H2. The van der Waals surface area contributed by atoms with Crippen LogP contribution >= 0.6 is 23.5 Å². The minimum atomic E-state index is -0.282. The van der Waals surface area contributed by atoms with Gasteiger partial charge in [0.25, 0.3) is 0 Å². The van der Waals surface area contributed by atoms with Gasteiger partial charge in [-0.2, -0.15) is 23.5 Å². The molecule has 1 N–H and O–H groups in total. The summed E-state index contributed by atoms with van der Waals surface area (Å²) in [6.45, 7) is 0. The van der Waals surface area contributed by atoms with Gasteiger partial charge in [0.15, 0.2) is 0 Å². The molecule has 1 fully saturated rings. The Labute approximate surface area is 99.7 Å². The fourth-order valence-electron chi connectivity index (χ4n) is 1.80. The van der Waals surface area contributed by atoms with E-state index in [4.69, 9.17) is 0 Å². The summed E-state index contributed by atoms with van der Waals surface area (Å²) in [6.07, 6.45) is 0.625. The summed E-state index contributed by atoms with van der Waals surface area (Å²) in [6, 6.07) is 9.98. The molecule has 0 bridgehead atoms. The minimum absolute atomic E-state index is 0.282. The molecule has 0 amide bonds. The van der Waals surface area contributed by atoms with E-state index >= 15 is 0 Å². The molecule has 1 heterocycles. The second-order valence-corrected chi connectivity index (χ2v) is 6.31. The van der Waals surface area contributed by atoms with Crippen molar-refractivity contribution < 1.29 is 5.11 Å². The summed E-state index contributed by atoms with van der Waals surface area (Å²) in [5.74, 6) is 3.08. The van der Waals surface area contributed by atoms with Gasteiger partial charge in [-0.15, -0.1) is 0 Å². The van der Waals surface area contributed by atoms with Crippen molar-refractivity contribution in [3.63, 3.8) is 0 Å². The van der Waals surface area contributed by atoms with Gasteiger partial charge in [-0.1, -0.05) is 30.3 Å². The van der Waals surface area contributed by atoms with Crippen molar-refractivity contribution in [2.75, 3.05) is 16.6 Å². The summed E-state index contributed by atoms with van der Waals surface area (Å²) < 4.78 is 0. The molecule has 1 saturated heterocycles. The molecule has 3 heteroatoms. The molecule has 82 valence electrons. The van der Waals surface area contributed by atoms with Crippen molar-refractivity contribution in [3.8, 4) is 0 Å². The van der Waals surface area contributed by atoms with Crippen LogP contribution in [0.25, 0.3) is 0 Å². The van der Waals surface area contributed by atoms with E-state index in [1.54, 1.807) is 0 Å². The predicted molar refractivity (Wildman–Crippen MR) is 69.3 cm³/mol. The molecule has 1 aliphatic heterocycles. The summed E-state index contributed by atoms with van der Waals surface area (Å²) in [7, 11) is 0. The van der Waals surface area contributed by atoms with Crippen molar-refractivity contribution in [3.05, 3.63) is 35.9 Å². The van der Waals surface area contributed by atoms with Crippen LogP contribution in [0.2, 0.25) is 0 Å². The Hall–Kier alpha value is -0.120. The van der Waals surface area contributed by atoms with Gasteiger partial charge in [0.1, 0.15) is 0 Å². The van der Waals surface area contributed by atoms with Crippen molar-refractivity contribution >= 4 is 23.5 Å². The lowest BCUT2D eigenvalue weighted by molar-refractivity contribution is 0.152. The predicted octanol–water partition coefficient (Wildman–Crippen LogP) is 3.16. The summed E-state index contributed by atoms with van der Waals surface area (Å²) in [5, 5.41) is 11.3. The number of thioether (sulfide) groups is 2. The molecule has 1 atom stereocenters. The molecule has 0 saturated carbocycles. The molecule has 1 aliphatic rings. The second-order valence-electron chi connectivity index (χ2n) is 3.89. The molecule has 0 spiro atoms. The quantitative estimate of drug-likeness (QED) is 0.876. The van der Waals surface area contributed by atoms with Crippen LogP contribution in [0.4, 0.5) is 0 Å². The molecule has 2 rings (SSSR count). The smallest absolute Gasteiger partial charge is 0.0793 e. The molecule has 0 radical (unpaired) electrons. The van der Waals surface area contributed by atoms with Crippen LogP contribution in [-0.4, -0.2) is 21.7 Å². The Kier molecular flexibility index (Phi) is 4.42. The molecular formula is C12H16OS2. The van der Waals surface area contributed by atoms with Gasteiger partial charge >= 0.3 is 0 Å². The van der Waals surface area contributed by atoms with Gasteiger partial charge in [0, 0.05) is 5.08 Å². The molecule has 1 nitrogen and oxygen atoms in total. The third-order valence-electron chi connectivity index (χ3n) is 2.61. The normalized spacial score (nSPS) is 20.1. The number of aliphatic hydroxyl groups is 1. The van der Waals surface area contributed by atoms with Gasteiger partial charge in [-0.25, -0.2) is 0 Å². The number of benzene rings is 1. The Balaban J connectivity index is 1.88. The molecule has 15 heavy (non-hydrogen) atoms. The van der Waals surface area contributed by atoms with Gasteiger partial charge in [0.2, 0.25) is 0 Å². The fraction of sp³-hybridized carbons (Fsp3) is 0.500. The highest BCUT2D eigenvalue weighted by atomic mass is 32.2. The fourth-order valence-corrected chi connectivity index (χ4v) is 4.36. The zero-order valence-electron chi connectivity index (χ0n) is 8.63. The summed E-state index contributed by atoms with van der Waals surface area (Å²) in [5.41, 5.74) is 1.05. The highest BCUT2D eigenvalue weighted by molar-refractivity contribution is 8.16. The van der Waals surface area contributed by atoms with Crippen LogP contribution in [0.5, 0.6) is 0 Å². The lowest BCUT2D eigenvalue weighted by Crippen LogP contribution is -2.15. The van der Waals surface area contributed by atoms with Crippen molar-refractivity contribution in [1.82, 2.24) is 0 Å². The van der Waals surface area contributed by atoms with Crippen LogP contribution in [0, 0.1) is 5.92 Å². The van der Waals surface area contributed by atoms with E-state index in [9.17, 15) is 5.11 Å².